The molecule has 0 aliphatic rings. The molecule has 0 radical (unpaired) electrons. The van der Waals surface area contributed by atoms with Crippen LogP contribution in [0.2, 0.25) is 0 Å². The number of hydrogen-bond donors (Lipinski definition) is 0. The van der Waals surface area contributed by atoms with Gasteiger partial charge in [-0.05, 0) is 18.2 Å². The second kappa shape index (κ2) is 6.02. The van der Waals surface area contributed by atoms with Gasteiger partial charge in [0.25, 0.3) is 0 Å². The fourth-order valence-corrected chi connectivity index (χ4v) is 1.70. The largest absolute Gasteiger partial charge is 0.471 e. The summed E-state index contributed by atoms with van der Waals surface area (Å²) in [6, 6.07) is 3.96. The van der Waals surface area contributed by atoms with Crippen molar-refractivity contribution in [1.29, 1.82) is 0 Å². The SMILES string of the molecule is COC(=O)c1cc(N(C)C(=O)C(F)(F)F)ccc1N(C)C. The second-order valence-electron chi connectivity index (χ2n) is 4.45. The van der Waals surface area contributed by atoms with Crippen molar-refractivity contribution in [2.75, 3.05) is 38.1 Å². The van der Waals surface area contributed by atoms with Crippen LogP contribution in [0.5, 0.6) is 0 Å². The maximum absolute atomic E-state index is 12.4. The van der Waals surface area contributed by atoms with Gasteiger partial charge in [-0.3, -0.25) is 4.79 Å². The molecule has 1 aromatic rings. The quantitative estimate of drug-likeness (QED) is 0.802. The molecular formula is C13H15F3N2O3. The average molecular weight is 304 g/mol. The molecule has 0 saturated carbocycles. The number of carbonyl (C=O) groups is 2. The smallest absolute Gasteiger partial charge is 0.465 e. The van der Waals surface area contributed by atoms with Crippen LogP contribution < -0.4 is 9.80 Å². The molecule has 1 rings (SSSR count). The molecule has 21 heavy (non-hydrogen) atoms. The number of ether oxygens (including phenoxy) is 1. The van der Waals surface area contributed by atoms with Crippen molar-refractivity contribution in [3.05, 3.63) is 23.8 Å². The molecule has 0 bridgehead atoms. The molecule has 0 fully saturated rings. The van der Waals surface area contributed by atoms with Crippen LogP contribution in [-0.2, 0) is 9.53 Å². The van der Waals surface area contributed by atoms with Gasteiger partial charge in [0, 0.05) is 26.8 Å². The highest BCUT2D eigenvalue weighted by molar-refractivity contribution is 6.01. The minimum atomic E-state index is -4.99. The van der Waals surface area contributed by atoms with Crippen LogP contribution in [0.15, 0.2) is 18.2 Å². The molecule has 0 aromatic heterocycles. The number of carbonyl (C=O) groups excluding carboxylic acids is 2. The van der Waals surface area contributed by atoms with Crippen molar-refractivity contribution >= 4 is 23.3 Å². The fraction of sp³-hybridized carbons (Fsp3) is 0.385. The average Bonchev–Trinajstić information content (AvgIpc) is 2.42. The number of methoxy groups -OCH3 is 1. The Kier molecular flexibility index (Phi) is 4.82. The Morgan fingerprint density at radius 3 is 2.14 bits per heavy atom. The van der Waals surface area contributed by atoms with Gasteiger partial charge < -0.3 is 14.5 Å². The van der Waals surface area contributed by atoms with E-state index in [1.165, 1.54) is 25.3 Å². The van der Waals surface area contributed by atoms with E-state index < -0.39 is 18.1 Å². The molecule has 1 amide bonds. The summed E-state index contributed by atoms with van der Waals surface area (Å²) in [5.41, 5.74) is 0.489. The van der Waals surface area contributed by atoms with E-state index in [2.05, 4.69) is 4.74 Å². The first-order chi connectivity index (χ1) is 9.59. The lowest BCUT2D eigenvalue weighted by Gasteiger charge is -2.22. The Morgan fingerprint density at radius 1 is 1.14 bits per heavy atom. The van der Waals surface area contributed by atoms with Crippen LogP contribution in [-0.4, -0.2) is 46.3 Å². The van der Waals surface area contributed by atoms with Crippen LogP contribution in [0.1, 0.15) is 10.4 Å². The molecule has 0 N–H and O–H groups in total. The number of amides is 1. The van der Waals surface area contributed by atoms with Crippen molar-refractivity contribution in [3.8, 4) is 0 Å². The first kappa shape index (κ1) is 16.8. The van der Waals surface area contributed by atoms with Crippen molar-refractivity contribution in [2.45, 2.75) is 6.18 Å². The maximum atomic E-state index is 12.4. The first-order valence-corrected chi connectivity index (χ1v) is 5.84. The second-order valence-corrected chi connectivity index (χ2v) is 4.45. The first-order valence-electron chi connectivity index (χ1n) is 5.84. The highest BCUT2D eigenvalue weighted by atomic mass is 19.4. The Labute approximate surface area is 119 Å². The summed E-state index contributed by atoms with van der Waals surface area (Å²) in [5, 5.41) is 0. The Hall–Kier alpha value is -2.25. The van der Waals surface area contributed by atoms with E-state index in [4.69, 9.17) is 0 Å². The summed E-state index contributed by atoms with van der Waals surface area (Å²) in [6.45, 7) is 0. The summed E-state index contributed by atoms with van der Waals surface area (Å²) in [6.07, 6.45) is -4.99. The molecule has 5 nitrogen and oxygen atoms in total. The van der Waals surface area contributed by atoms with Crippen LogP contribution >= 0.6 is 0 Å². The Morgan fingerprint density at radius 2 is 1.71 bits per heavy atom. The van der Waals surface area contributed by atoms with Gasteiger partial charge in [-0.2, -0.15) is 13.2 Å². The lowest BCUT2D eigenvalue weighted by atomic mass is 10.1. The molecule has 0 heterocycles. The topological polar surface area (TPSA) is 49.9 Å². The molecule has 0 saturated heterocycles. The molecule has 116 valence electrons. The van der Waals surface area contributed by atoms with Gasteiger partial charge in [-0.15, -0.1) is 0 Å². The molecule has 0 aliphatic heterocycles. The highest BCUT2D eigenvalue weighted by Crippen LogP contribution is 2.28. The summed E-state index contributed by atoms with van der Waals surface area (Å²) in [5.74, 6) is -2.72. The van der Waals surface area contributed by atoms with Gasteiger partial charge in [0.2, 0.25) is 0 Å². The number of alkyl halides is 3. The van der Waals surface area contributed by atoms with Crippen molar-refractivity contribution in [1.82, 2.24) is 0 Å². The van der Waals surface area contributed by atoms with Crippen molar-refractivity contribution in [3.63, 3.8) is 0 Å². The number of nitrogens with zero attached hydrogens (tertiary/aromatic N) is 2. The standard InChI is InChI=1S/C13H15F3N2O3/c1-17(2)10-6-5-8(7-9(10)11(19)21-4)18(3)12(20)13(14,15)16/h5-7H,1-4H3. The molecule has 0 unspecified atom stereocenters. The third-order valence-corrected chi connectivity index (χ3v) is 2.80. The number of esters is 1. The fourth-order valence-electron chi connectivity index (χ4n) is 1.70. The van der Waals surface area contributed by atoms with Gasteiger partial charge in [0.1, 0.15) is 0 Å². The zero-order valence-corrected chi connectivity index (χ0v) is 12.0. The predicted octanol–water partition coefficient (Wildman–Crippen LogP) is 2.06. The Balaban J connectivity index is 3.28. The van der Waals surface area contributed by atoms with Crippen LogP contribution in [0.3, 0.4) is 0 Å². The van der Waals surface area contributed by atoms with Gasteiger partial charge in [-0.1, -0.05) is 0 Å². The molecule has 0 aliphatic carbocycles. The lowest BCUT2D eigenvalue weighted by Crippen LogP contribution is -2.38. The van der Waals surface area contributed by atoms with E-state index in [9.17, 15) is 22.8 Å². The summed E-state index contributed by atoms with van der Waals surface area (Å²) in [7, 11) is 5.50. The number of benzene rings is 1. The lowest BCUT2D eigenvalue weighted by molar-refractivity contribution is -0.170. The monoisotopic (exact) mass is 304 g/mol. The van der Waals surface area contributed by atoms with Crippen LogP contribution in [0.25, 0.3) is 0 Å². The summed E-state index contributed by atoms with van der Waals surface area (Å²) in [4.78, 5) is 25.0. The molecule has 1 aromatic carbocycles. The summed E-state index contributed by atoms with van der Waals surface area (Å²) >= 11 is 0. The normalized spacial score (nSPS) is 11.0. The maximum Gasteiger partial charge on any atom is 0.471 e. The van der Waals surface area contributed by atoms with E-state index in [0.29, 0.717) is 10.6 Å². The van der Waals surface area contributed by atoms with Gasteiger partial charge in [0.05, 0.1) is 18.4 Å². The molecule has 0 spiro atoms. The molecule has 0 atom stereocenters. The number of halogens is 3. The zero-order valence-electron chi connectivity index (χ0n) is 12.0. The van der Waals surface area contributed by atoms with E-state index in [0.717, 1.165) is 7.05 Å². The van der Waals surface area contributed by atoms with E-state index in [1.807, 2.05) is 0 Å². The van der Waals surface area contributed by atoms with Gasteiger partial charge in [0.15, 0.2) is 0 Å². The van der Waals surface area contributed by atoms with Crippen molar-refractivity contribution in [2.24, 2.45) is 0 Å². The Bertz CT molecular complexity index is 556. The predicted molar refractivity (Wildman–Crippen MR) is 71.6 cm³/mol. The minimum Gasteiger partial charge on any atom is -0.465 e. The van der Waals surface area contributed by atoms with Gasteiger partial charge in [-0.25, -0.2) is 4.79 Å². The molecular weight excluding hydrogens is 289 g/mol. The zero-order chi connectivity index (χ0) is 16.4. The third kappa shape index (κ3) is 3.65. The number of anilines is 2. The van der Waals surface area contributed by atoms with Crippen molar-refractivity contribution < 1.29 is 27.5 Å². The minimum absolute atomic E-state index is 0.0525. The summed E-state index contributed by atoms with van der Waals surface area (Å²) < 4.78 is 41.9. The van der Waals surface area contributed by atoms with Crippen LogP contribution in [0, 0.1) is 0 Å². The van der Waals surface area contributed by atoms with Gasteiger partial charge >= 0.3 is 18.1 Å². The molecule has 8 heteroatoms. The number of rotatable bonds is 3. The third-order valence-electron chi connectivity index (χ3n) is 2.80. The highest BCUT2D eigenvalue weighted by Gasteiger charge is 2.41. The van der Waals surface area contributed by atoms with E-state index >= 15 is 0 Å². The number of hydrogen-bond acceptors (Lipinski definition) is 4. The van der Waals surface area contributed by atoms with E-state index in [1.54, 1.807) is 19.0 Å². The van der Waals surface area contributed by atoms with Crippen LogP contribution in [0.4, 0.5) is 24.5 Å². The van der Waals surface area contributed by atoms with E-state index in [-0.39, 0.29) is 11.3 Å².